The van der Waals surface area contributed by atoms with E-state index in [0.29, 0.717) is 6.42 Å². The molecule has 4 N–H and O–H groups in total. The number of rotatable bonds is 8. The van der Waals surface area contributed by atoms with Crippen molar-refractivity contribution in [2.24, 2.45) is 5.73 Å². The van der Waals surface area contributed by atoms with Gasteiger partial charge in [-0.25, -0.2) is 0 Å². The molecular weight excluding hydrogens is 339 g/mol. The van der Waals surface area contributed by atoms with E-state index >= 15 is 0 Å². The van der Waals surface area contributed by atoms with Crippen molar-refractivity contribution in [2.45, 2.75) is 50.9 Å². The summed E-state index contributed by atoms with van der Waals surface area (Å²) in [4.78, 5) is 11.5. The van der Waals surface area contributed by atoms with E-state index < -0.39 is 6.10 Å². The van der Waals surface area contributed by atoms with Gasteiger partial charge in [0, 0.05) is 18.1 Å². The number of carbonyl (C=O) groups excluding carboxylic acids is 1. The first kappa shape index (κ1) is 24.4. The van der Waals surface area contributed by atoms with Crippen LogP contribution in [0.1, 0.15) is 38.3 Å². The van der Waals surface area contributed by atoms with Gasteiger partial charge in [0.1, 0.15) is 0 Å². The van der Waals surface area contributed by atoms with Crippen LogP contribution < -0.4 is 11.1 Å². The van der Waals surface area contributed by atoms with Crippen molar-refractivity contribution >= 4 is 30.8 Å². The number of methoxy groups -OCH3 is 1. The Morgan fingerprint density at radius 1 is 1.26 bits per heavy atom. The van der Waals surface area contributed by atoms with Crippen molar-refractivity contribution in [2.75, 3.05) is 7.11 Å². The van der Waals surface area contributed by atoms with E-state index in [-0.39, 0.29) is 55.3 Å². The maximum Gasteiger partial charge on any atom is 0.307 e. The van der Waals surface area contributed by atoms with Gasteiger partial charge in [-0.3, -0.25) is 4.79 Å². The summed E-state index contributed by atoms with van der Waals surface area (Å²) in [6.45, 7) is 3.78. The number of nitrogens with two attached hydrogens (primary N) is 1. The van der Waals surface area contributed by atoms with Crippen molar-refractivity contribution < 1.29 is 14.6 Å². The lowest BCUT2D eigenvalue weighted by Gasteiger charge is -2.26. The van der Waals surface area contributed by atoms with Gasteiger partial charge in [-0.15, -0.1) is 24.8 Å². The molecule has 0 aliphatic carbocycles. The number of hydrogen-bond acceptors (Lipinski definition) is 5. The minimum absolute atomic E-state index is 0. The molecule has 134 valence electrons. The highest BCUT2D eigenvalue weighted by Crippen LogP contribution is 2.16. The summed E-state index contributed by atoms with van der Waals surface area (Å²) < 4.78 is 4.72. The Morgan fingerprint density at radius 3 is 2.30 bits per heavy atom. The van der Waals surface area contributed by atoms with Crippen LogP contribution in [0, 0.1) is 0 Å². The number of benzene rings is 1. The van der Waals surface area contributed by atoms with E-state index in [9.17, 15) is 9.90 Å². The predicted octanol–water partition coefficient (Wildman–Crippen LogP) is 2.21. The number of halogens is 2. The van der Waals surface area contributed by atoms with Crippen molar-refractivity contribution in [3.05, 3.63) is 35.9 Å². The first-order chi connectivity index (χ1) is 9.93. The zero-order valence-corrected chi connectivity index (χ0v) is 15.4. The summed E-state index contributed by atoms with van der Waals surface area (Å²) in [6.07, 6.45) is -0.0448. The van der Waals surface area contributed by atoms with Gasteiger partial charge >= 0.3 is 5.97 Å². The molecule has 4 atom stereocenters. The van der Waals surface area contributed by atoms with E-state index in [2.05, 4.69) is 5.32 Å². The highest BCUT2D eigenvalue weighted by atomic mass is 35.5. The topological polar surface area (TPSA) is 84.6 Å². The van der Waals surface area contributed by atoms with Crippen LogP contribution >= 0.6 is 24.8 Å². The van der Waals surface area contributed by atoms with Crippen LogP contribution in [0.15, 0.2) is 30.3 Å². The molecule has 7 heteroatoms. The summed E-state index contributed by atoms with van der Waals surface area (Å²) in [5.41, 5.74) is 6.82. The number of aliphatic hydroxyl groups is 1. The van der Waals surface area contributed by atoms with E-state index in [1.807, 2.05) is 37.3 Å². The second kappa shape index (κ2) is 12.6. The molecule has 0 spiro atoms. The number of esters is 1. The fourth-order valence-corrected chi connectivity index (χ4v) is 2.19. The lowest BCUT2D eigenvalue weighted by atomic mass is 9.99. The Kier molecular flexibility index (Phi) is 13.3. The Labute approximate surface area is 150 Å². The van der Waals surface area contributed by atoms with Gasteiger partial charge < -0.3 is 20.9 Å². The maximum absolute atomic E-state index is 11.5. The first-order valence-electron chi connectivity index (χ1n) is 7.25. The van der Waals surface area contributed by atoms with Gasteiger partial charge in [-0.2, -0.15) is 0 Å². The molecule has 1 rings (SSSR count). The second-order valence-electron chi connectivity index (χ2n) is 5.44. The van der Waals surface area contributed by atoms with Gasteiger partial charge in [0.2, 0.25) is 0 Å². The first-order valence-corrected chi connectivity index (χ1v) is 7.25. The lowest BCUT2D eigenvalue weighted by molar-refractivity contribution is -0.141. The summed E-state index contributed by atoms with van der Waals surface area (Å²) >= 11 is 0. The molecule has 0 aromatic heterocycles. The fourth-order valence-electron chi connectivity index (χ4n) is 2.19. The standard InChI is InChI=1S/C16H26N2O3.2ClH/c1-11(17)15(19)9-14(10-16(20)21-3)18-12(2)13-7-5-4-6-8-13;;/h4-8,11-12,14-15,18-19H,9-10,17H2,1-3H3;2*1H/t11-,12-,14-,15-;;/m1../s1. The third kappa shape index (κ3) is 9.13. The molecule has 0 aliphatic heterocycles. The van der Waals surface area contributed by atoms with E-state index in [1.54, 1.807) is 6.92 Å². The molecule has 0 bridgehead atoms. The van der Waals surface area contributed by atoms with Gasteiger partial charge in [0.05, 0.1) is 19.6 Å². The van der Waals surface area contributed by atoms with Gasteiger partial charge in [-0.1, -0.05) is 30.3 Å². The van der Waals surface area contributed by atoms with Crippen LogP contribution in [-0.2, 0) is 9.53 Å². The normalized spacial score (nSPS) is 15.3. The summed E-state index contributed by atoms with van der Waals surface area (Å²) in [5, 5.41) is 13.3. The molecule has 0 unspecified atom stereocenters. The van der Waals surface area contributed by atoms with Gasteiger partial charge in [0.15, 0.2) is 0 Å². The molecule has 23 heavy (non-hydrogen) atoms. The van der Waals surface area contributed by atoms with Crippen LogP contribution in [0.5, 0.6) is 0 Å². The zero-order chi connectivity index (χ0) is 15.8. The Balaban J connectivity index is 0. The third-order valence-electron chi connectivity index (χ3n) is 3.56. The molecule has 1 aromatic rings. The van der Waals surface area contributed by atoms with Crippen molar-refractivity contribution in [3.8, 4) is 0 Å². The predicted molar refractivity (Wildman–Crippen MR) is 97.2 cm³/mol. The molecular formula is C16H28Cl2N2O3. The van der Waals surface area contributed by atoms with Crippen LogP contribution in [0.3, 0.4) is 0 Å². The molecule has 0 amide bonds. The molecule has 0 radical (unpaired) electrons. The van der Waals surface area contributed by atoms with Gasteiger partial charge in [0.25, 0.3) is 0 Å². The summed E-state index contributed by atoms with van der Waals surface area (Å²) in [5.74, 6) is -0.301. The smallest absolute Gasteiger partial charge is 0.307 e. The number of hydrogen-bond donors (Lipinski definition) is 3. The number of nitrogens with one attached hydrogen (secondary N) is 1. The monoisotopic (exact) mass is 366 g/mol. The molecule has 0 saturated carbocycles. The van der Waals surface area contributed by atoms with Crippen molar-refractivity contribution in [1.29, 1.82) is 0 Å². The average molecular weight is 367 g/mol. The Bertz CT molecular complexity index is 433. The largest absolute Gasteiger partial charge is 0.469 e. The molecule has 0 fully saturated rings. The van der Waals surface area contributed by atoms with Crippen molar-refractivity contribution in [1.82, 2.24) is 5.32 Å². The number of ether oxygens (including phenoxy) is 1. The SMILES string of the molecule is COC(=O)C[C@@H](C[C@@H](O)[C@@H](C)N)N[C@H](C)c1ccccc1.Cl.Cl. The lowest BCUT2D eigenvalue weighted by Crippen LogP contribution is -2.41. The molecule has 0 aliphatic rings. The van der Waals surface area contributed by atoms with Crippen LogP contribution in [0.4, 0.5) is 0 Å². The maximum atomic E-state index is 11.5. The number of aliphatic hydroxyl groups excluding tert-OH is 1. The van der Waals surface area contributed by atoms with Crippen LogP contribution in [0.25, 0.3) is 0 Å². The average Bonchev–Trinajstić information content (AvgIpc) is 2.47. The highest BCUT2D eigenvalue weighted by Gasteiger charge is 2.22. The van der Waals surface area contributed by atoms with E-state index in [4.69, 9.17) is 10.5 Å². The Hall–Kier alpha value is -0.850. The fraction of sp³-hybridized carbons (Fsp3) is 0.562. The molecule has 0 heterocycles. The third-order valence-corrected chi connectivity index (χ3v) is 3.56. The summed E-state index contributed by atoms with van der Waals surface area (Å²) in [6, 6.07) is 9.50. The van der Waals surface area contributed by atoms with E-state index in [0.717, 1.165) is 5.56 Å². The molecule has 5 nitrogen and oxygen atoms in total. The zero-order valence-electron chi connectivity index (χ0n) is 13.8. The molecule has 1 aromatic carbocycles. The van der Waals surface area contributed by atoms with Gasteiger partial charge in [-0.05, 0) is 25.8 Å². The van der Waals surface area contributed by atoms with Crippen LogP contribution in [0.2, 0.25) is 0 Å². The molecule has 0 saturated heterocycles. The van der Waals surface area contributed by atoms with Crippen molar-refractivity contribution in [3.63, 3.8) is 0 Å². The quantitative estimate of drug-likeness (QED) is 0.614. The van der Waals surface area contributed by atoms with E-state index in [1.165, 1.54) is 7.11 Å². The highest BCUT2D eigenvalue weighted by molar-refractivity contribution is 5.85. The minimum atomic E-state index is -0.657. The Morgan fingerprint density at radius 2 is 1.83 bits per heavy atom. The minimum Gasteiger partial charge on any atom is -0.469 e. The number of carbonyl (C=O) groups is 1. The van der Waals surface area contributed by atoms with Crippen LogP contribution in [-0.4, -0.2) is 36.4 Å². The second-order valence-corrected chi connectivity index (χ2v) is 5.44. The summed E-state index contributed by atoms with van der Waals surface area (Å²) in [7, 11) is 1.36.